The number of ether oxygens (including phenoxy) is 1. The highest BCUT2D eigenvalue weighted by molar-refractivity contribution is 7.14. The molecule has 40 heavy (non-hydrogen) atoms. The van der Waals surface area contributed by atoms with Crippen LogP contribution < -0.4 is 21.3 Å². The Morgan fingerprint density at radius 2 is 1.48 bits per heavy atom. The van der Waals surface area contributed by atoms with E-state index in [4.69, 9.17) is 37.6 Å². The first-order valence-electron chi connectivity index (χ1n) is 10.8. The number of carbonyl (C=O) groups is 5. The number of carbonyl (C=O) groups excluding carboxylic acids is 5. The Balaban J connectivity index is 1.63. The summed E-state index contributed by atoms with van der Waals surface area (Å²) in [7, 11) is 2.42. The number of nitrogens with one attached hydrogen (secondary N) is 4. The minimum absolute atomic E-state index is 0.0644. The maximum absolute atomic E-state index is 12.9. The molecular formula is C20H20Cl2N8O8S2. The highest BCUT2D eigenvalue weighted by Gasteiger charge is 2.42. The number of oxime groups is 2. The van der Waals surface area contributed by atoms with Crippen molar-refractivity contribution >= 4 is 97.2 Å². The van der Waals surface area contributed by atoms with Crippen molar-refractivity contribution in [2.24, 2.45) is 10.3 Å². The summed E-state index contributed by atoms with van der Waals surface area (Å²) in [6.45, 7) is -0.347. The van der Waals surface area contributed by atoms with Crippen LogP contribution in [0.1, 0.15) is 11.4 Å². The van der Waals surface area contributed by atoms with E-state index in [1.165, 1.54) is 25.0 Å². The van der Waals surface area contributed by atoms with Crippen LogP contribution in [-0.2, 0) is 38.4 Å². The minimum Gasteiger partial charge on any atom is -0.459 e. The highest BCUT2D eigenvalue weighted by atomic mass is 35.5. The van der Waals surface area contributed by atoms with Gasteiger partial charge in [0.25, 0.3) is 5.91 Å². The van der Waals surface area contributed by atoms with Crippen molar-refractivity contribution in [3.63, 3.8) is 0 Å². The second kappa shape index (κ2) is 14.5. The number of hydrogen-bond donors (Lipinski definition) is 4. The zero-order valence-corrected chi connectivity index (χ0v) is 23.7. The predicted molar refractivity (Wildman–Crippen MR) is 145 cm³/mol. The van der Waals surface area contributed by atoms with Crippen LogP contribution in [0.3, 0.4) is 0 Å². The van der Waals surface area contributed by atoms with Crippen LogP contribution >= 0.6 is 45.9 Å². The number of alkyl halides is 2. The third kappa shape index (κ3) is 7.84. The Labute approximate surface area is 243 Å². The monoisotopic (exact) mass is 634 g/mol. The van der Waals surface area contributed by atoms with Crippen molar-refractivity contribution in [1.29, 1.82) is 0 Å². The number of anilines is 2. The Bertz CT molecular complexity index is 1350. The van der Waals surface area contributed by atoms with Gasteiger partial charge < -0.3 is 35.7 Å². The number of nitrogens with zero attached hydrogens (tertiary/aromatic N) is 4. The van der Waals surface area contributed by atoms with Gasteiger partial charge >= 0.3 is 5.97 Å². The Morgan fingerprint density at radius 3 is 1.98 bits per heavy atom. The molecule has 0 aromatic carbocycles. The second-order valence-corrected chi connectivity index (χ2v) is 9.60. The molecule has 0 spiro atoms. The van der Waals surface area contributed by atoms with Gasteiger partial charge in [0.15, 0.2) is 16.0 Å². The summed E-state index contributed by atoms with van der Waals surface area (Å²) < 4.78 is 5.25. The smallest absolute Gasteiger partial charge is 0.362 e. The van der Waals surface area contributed by atoms with Crippen molar-refractivity contribution in [3.05, 3.63) is 22.1 Å². The maximum atomic E-state index is 12.9. The first kappa shape index (κ1) is 30.7. The van der Waals surface area contributed by atoms with E-state index in [0.29, 0.717) is 0 Å². The van der Waals surface area contributed by atoms with Gasteiger partial charge in [0.1, 0.15) is 50.0 Å². The molecular weight excluding hydrogens is 615 g/mol. The lowest BCUT2D eigenvalue weighted by Crippen LogP contribution is -2.71. The van der Waals surface area contributed by atoms with E-state index in [0.717, 1.165) is 22.7 Å². The van der Waals surface area contributed by atoms with Crippen molar-refractivity contribution in [3.8, 4) is 0 Å². The molecule has 2 aromatic rings. The third-order valence-electron chi connectivity index (χ3n) is 4.70. The fourth-order valence-corrected chi connectivity index (χ4v) is 4.51. The summed E-state index contributed by atoms with van der Waals surface area (Å²) in [5, 5.41) is 20.4. The summed E-state index contributed by atoms with van der Waals surface area (Å²) in [5.41, 5.74) is -0.432. The molecule has 0 unspecified atom stereocenters. The molecule has 0 radical (unpaired) electrons. The normalized spacial score (nSPS) is 16.8. The van der Waals surface area contributed by atoms with Gasteiger partial charge in [0.05, 0.1) is 6.04 Å². The number of aromatic nitrogens is 2. The van der Waals surface area contributed by atoms with Crippen LogP contribution in [0.25, 0.3) is 0 Å². The molecule has 4 amide bonds. The van der Waals surface area contributed by atoms with Gasteiger partial charge in [-0.15, -0.1) is 45.9 Å². The maximum Gasteiger partial charge on any atom is 0.362 e. The molecule has 0 aliphatic carbocycles. The number of thiazole rings is 2. The Kier molecular flexibility index (Phi) is 11.1. The van der Waals surface area contributed by atoms with Crippen LogP contribution in [0.4, 0.5) is 10.3 Å². The van der Waals surface area contributed by atoms with Gasteiger partial charge in [-0.25, -0.2) is 14.8 Å². The van der Waals surface area contributed by atoms with Crippen LogP contribution in [0.15, 0.2) is 21.1 Å². The van der Waals surface area contributed by atoms with Gasteiger partial charge in [-0.2, -0.15) is 0 Å². The largest absolute Gasteiger partial charge is 0.459 e. The van der Waals surface area contributed by atoms with E-state index in [9.17, 15) is 24.0 Å². The lowest BCUT2D eigenvalue weighted by Gasteiger charge is -2.36. The summed E-state index contributed by atoms with van der Waals surface area (Å²) in [4.78, 5) is 78.3. The van der Waals surface area contributed by atoms with Crippen molar-refractivity contribution < 1.29 is 38.4 Å². The quantitative estimate of drug-likeness (QED) is 0.0754. The molecule has 0 bridgehead atoms. The topological polar surface area (TPSA) is 212 Å². The molecule has 3 heterocycles. The van der Waals surface area contributed by atoms with Crippen LogP contribution in [0.5, 0.6) is 0 Å². The number of esters is 1. The lowest BCUT2D eigenvalue weighted by atomic mass is 9.99. The molecule has 1 fully saturated rings. The first-order valence-corrected chi connectivity index (χ1v) is 13.7. The number of rotatable bonds is 13. The fourth-order valence-electron chi connectivity index (χ4n) is 2.95. The predicted octanol–water partition coefficient (Wildman–Crippen LogP) is -0.118. The van der Waals surface area contributed by atoms with E-state index in [1.54, 1.807) is 0 Å². The molecule has 2 atom stereocenters. The highest BCUT2D eigenvalue weighted by Crippen LogP contribution is 2.19. The van der Waals surface area contributed by atoms with Gasteiger partial charge in [0, 0.05) is 10.8 Å². The summed E-state index contributed by atoms with van der Waals surface area (Å²) in [5.74, 6) is -3.84. The molecule has 0 saturated carbocycles. The standard InChI is InChI=1S/C20H20Cl2N8O8S2/c1-36-29-14(9-6-39-19(24-9)26-11(31)3-21)17(34)28-13-8(23-16(13)33)5-38-18(35)15(30-37-2)10-7-40-20(25-10)27-12(32)4-22/h6-8,13H,3-5H2,1-2H3,(H,23,33)(H,28,34)(H,24,26,31)(H,25,27,32)/b29-14-,30-15-/t8-,13+/m0/s1. The third-order valence-corrected chi connectivity index (χ3v) is 6.70. The van der Waals surface area contributed by atoms with Crippen LogP contribution in [0.2, 0.25) is 0 Å². The molecule has 16 nitrogen and oxygen atoms in total. The van der Waals surface area contributed by atoms with Crippen molar-refractivity contribution in [2.75, 3.05) is 43.2 Å². The van der Waals surface area contributed by atoms with E-state index in [2.05, 4.69) is 41.5 Å². The number of halogens is 2. The van der Waals surface area contributed by atoms with Gasteiger partial charge in [-0.1, -0.05) is 10.3 Å². The van der Waals surface area contributed by atoms with Crippen molar-refractivity contribution in [2.45, 2.75) is 12.1 Å². The number of β-lactam (4-membered cyclic amide) rings is 1. The molecule has 2 aromatic heterocycles. The lowest BCUT2D eigenvalue weighted by molar-refractivity contribution is -0.143. The van der Waals surface area contributed by atoms with Gasteiger partial charge in [-0.3, -0.25) is 19.2 Å². The van der Waals surface area contributed by atoms with E-state index in [1.807, 2.05) is 0 Å². The second-order valence-electron chi connectivity index (χ2n) is 7.35. The summed E-state index contributed by atoms with van der Waals surface area (Å²) >= 11 is 13.0. The summed E-state index contributed by atoms with van der Waals surface area (Å²) in [6.07, 6.45) is 0. The van der Waals surface area contributed by atoms with Crippen LogP contribution in [-0.4, -0.2) is 95.7 Å². The molecule has 1 aliphatic heterocycles. The molecule has 20 heteroatoms. The van der Waals surface area contributed by atoms with Crippen LogP contribution in [0, 0.1) is 0 Å². The van der Waals surface area contributed by atoms with Crippen molar-refractivity contribution in [1.82, 2.24) is 20.6 Å². The average Bonchev–Trinajstić information content (AvgIpc) is 3.60. The molecule has 1 aliphatic rings. The number of hydrogen-bond acceptors (Lipinski definition) is 14. The molecule has 3 rings (SSSR count). The fraction of sp³-hybridized carbons (Fsp3) is 0.350. The molecule has 4 N–H and O–H groups in total. The van der Waals surface area contributed by atoms with E-state index in [-0.39, 0.29) is 51.4 Å². The SMILES string of the molecule is CO/N=C(\C(=O)N[C@H]1C(=O)N[C@H]1COC(=O)/C(=N\OC)c1csc(NC(=O)CCl)n1)c1csc(NC(=O)CCl)n1. The minimum atomic E-state index is -1.09. The summed E-state index contributed by atoms with van der Waals surface area (Å²) in [6, 6.07) is -1.88. The zero-order chi connectivity index (χ0) is 29.2. The molecule has 1 saturated heterocycles. The Morgan fingerprint density at radius 1 is 0.950 bits per heavy atom. The van der Waals surface area contributed by atoms with E-state index >= 15 is 0 Å². The molecule has 214 valence electrons. The Hall–Kier alpha value is -3.87. The van der Waals surface area contributed by atoms with E-state index < -0.39 is 41.7 Å². The number of amides is 4. The average molecular weight is 635 g/mol. The first-order chi connectivity index (χ1) is 19.2. The van der Waals surface area contributed by atoms with Gasteiger partial charge in [0.2, 0.25) is 23.4 Å². The zero-order valence-electron chi connectivity index (χ0n) is 20.6. The van der Waals surface area contributed by atoms with Gasteiger partial charge in [-0.05, 0) is 0 Å².